The third kappa shape index (κ3) is 3.76. The van der Waals surface area contributed by atoms with Crippen molar-refractivity contribution in [3.63, 3.8) is 0 Å². The van der Waals surface area contributed by atoms with Gasteiger partial charge in [-0.15, -0.1) is 0 Å². The van der Waals surface area contributed by atoms with Crippen molar-refractivity contribution in [2.24, 2.45) is 5.92 Å². The second-order valence-corrected chi connectivity index (χ2v) is 5.41. The summed E-state index contributed by atoms with van der Waals surface area (Å²) in [5, 5.41) is 12.5. The van der Waals surface area contributed by atoms with E-state index in [-0.39, 0.29) is 0 Å². The van der Waals surface area contributed by atoms with Gasteiger partial charge < -0.3 is 10.4 Å². The lowest BCUT2D eigenvalue weighted by Gasteiger charge is -2.29. The first-order chi connectivity index (χ1) is 8.37. The number of nitrogens with one attached hydrogen (secondary N) is 1. The lowest BCUT2D eigenvalue weighted by molar-refractivity contribution is -0.142. The van der Waals surface area contributed by atoms with Gasteiger partial charge in [0.05, 0.1) is 0 Å². The Morgan fingerprint density at radius 3 is 2.28 bits per heavy atom. The zero-order valence-corrected chi connectivity index (χ0v) is 11.7. The molecule has 1 aromatic rings. The minimum Gasteiger partial charge on any atom is -0.480 e. The average Bonchev–Trinajstić information content (AvgIpc) is 2.28. The predicted molar refractivity (Wildman–Crippen MR) is 74.9 cm³/mol. The first-order valence-corrected chi connectivity index (χ1v) is 6.48. The smallest absolute Gasteiger partial charge is 0.329 e. The second-order valence-electron chi connectivity index (χ2n) is 5.41. The average molecular weight is 249 g/mol. The number of benzene rings is 1. The molecule has 1 aromatic carbocycles. The molecule has 0 aliphatic heterocycles. The molecule has 0 saturated carbocycles. The Morgan fingerprint density at radius 2 is 1.89 bits per heavy atom. The molecule has 3 nitrogen and oxygen atoms in total. The summed E-state index contributed by atoms with van der Waals surface area (Å²) in [5.41, 5.74) is 1.20. The van der Waals surface area contributed by atoms with E-state index in [4.69, 9.17) is 0 Å². The van der Waals surface area contributed by atoms with Crippen LogP contribution in [0.15, 0.2) is 24.3 Å². The third-order valence-corrected chi connectivity index (χ3v) is 3.07. The number of hydrogen-bond donors (Lipinski definition) is 2. The molecule has 0 heterocycles. The number of carboxylic acids is 1. The molecule has 1 atom stereocenters. The summed E-state index contributed by atoms with van der Waals surface area (Å²) in [6.07, 6.45) is 1.58. The Balaban J connectivity index is 2.85. The van der Waals surface area contributed by atoms with E-state index in [2.05, 4.69) is 12.2 Å². The maximum atomic E-state index is 11.4. The SMILES string of the molecule is CCc1ccc(NC(C)(CC(C)C)C(=O)O)cc1. The highest BCUT2D eigenvalue weighted by Crippen LogP contribution is 2.23. The van der Waals surface area contributed by atoms with Crippen molar-refractivity contribution in [2.45, 2.75) is 46.1 Å². The van der Waals surface area contributed by atoms with Crippen LogP contribution in [-0.4, -0.2) is 16.6 Å². The summed E-state index contributed by atoms with van der Waals surface area (Å²) in [4.78, 5) is 11.4. The molecule has 18 heavy (non-hydrogen) atoms. The Labute approximate surface area is 109 Å². The van der Waals surface area contributed by atoms with E-state index in [9.17, 15) is 9.90 Å². The molecule has 2 N–H and O–H groups in total. The molecular formula is C15H23NO2. The van der Waals surface area contributed by atoms with E-state index in [1.165, 1.54) is 5.56 Å². The number of anilines is 1. The van der Waals surface area contributed by atoms with Gasteiger partial charge in [0.1, 0.15) is 5.54 Å². The van der Waals surface area contributed by atoms with Crippen molar-refractivity contribution in [1.82, 2.24) is 0 Å². The van der Waals surface area contributed by atoms with Crippen LogP contribution in [-0.2, 0) is 11.2 Å². The summed E-state index contributed by atoms with van der Waals surface area (Å²) in [6.45, 7) is 7.90. The molecule has 0 aliphatic carbocycles. The number of carbonyl (C=O) groups is 1. The van der Waals surface area contributed by atoms with Crippen molar-refractivity contribution in [3.8, 4) is 0 Å². The molecule has 0 aliphatic rings. The zero-order chi connectivity index (χ0) is 13.8. The van der Waals surface area contributed by atoms with Crippen LogP contribution in [0.25, 0.3) is 0 Å². The molecule has 0 aromatic heterocycles. The van der Waals surface area contributed by atoms with E-state index in [0.717, 1.165) is 12.1 Å². The Kier molecular flexibility index (Phi) is 4.76. The Morgan fingerprint density at radius 1 is 1.33 bits per heavy atom. The molecule has 0 amide bonds. The van der Waals surface area contributed by atoms with Gasteiger partial charge in [0.25, 0.3) is 0 Å². The van der Waals surface area contributed by atoms with Gasteiger partial charge in [-0.25, -0.2) is 4.79 Å². The van der Waals surface area contributed by atoms with Gasteiger partial charge in [0, 0.05) is 5.69 Å². The van der Waals surface area contributed by atoms with Gasteiger partial charge in [-0.2, -0.15) is 0 Å². The molecule has 0 saturated heterocycles. The van der Waals surface area contributed by atoms with E-state index in [1.54, 1.807) is 6.92 Å². The normalized spacial score (nSPS) is 14.3. The van der Waals surface area contributed by atoms with Crippen molar-refractivity contribution < 1.29 is 9.90 Å². The highest BCUT2D eigenvalue weighted by Gasteiger charge is 2.33. The van der Waals surface area contributed by atoms with Crippen LogP contribution >= 0.6 is 0 Å². The molecule has 0 spiro atoms. The number of aryl methyl sites for hydroxylation is 1. The summed E-state index contributed by atoms with van der Waals surface area (Å²) in [7, 11) is 0. The minimum absolute atomic E-state index is 0.327. The minimum atomic E-state index is -0.915. The standard InChI is InChI=1S/C15H23NO2/c1-5-12-6-8-13(9-7-12)16-15(4,14(17)18)10-11(2)3/h6-9,11,16H,5,10H2,1-4H3,(H,17,18). The van der Waals surface area contributed by atoms with E-state index in [1.807, 2.05) is 38.1 Å². The maximum Gasteiger partial charge on any atom is 0.329 e. The molecule has 1 unspecified atom stereocenters. The maximum absolute atomic E-state index is 11.4. The predicted octanol–water partition coefficient (Wildman–Crippen LogP) is 3.55. The van der Waals surface area contributed by atoms with Crippen molar-refractivity contribution in [1.29, 1.82) is 0 Å². The zero-order valence-electron chi connectivity index (χ0n) is 11.7. The van der Waals surface area contributed by atoms with Crippen LogP contribution in [0.4, 0.5) is 5.69 Å². The fourth-order valence-electron chi connectivity index (χ4n) is 2.15. The number of carboxylic acid groups (broad SMARTS) is 1. The summed E-state index contributed by atoms with van der Waals surface area (Å²) in [5.74, 6) is -0.482. The van der Waals surface area contributed by atoms with Gasteiger partial charge in [-0.3, -0.25) is 0 Å². The molecule has 3 heteroatoms. The molecule has 0 fully saturated rings. The van der Waals surface area contributed by atoms with Gasteiger partial charge >= 0.3 is 5.97 Å². The highest BCUT2D eigenvalue weighted by molar-refractivity contribution is 5.82. The number of rotatable bonds is 6. The largest absolute Gasteiger partial charge is 0.480 e. The fourth-order valence-corrected chi connectivity index (χ4v) is 2.15. The Hall–Kier alpha value is -1.51. The van der Waals surface area contributed by atoms with Crippen LogP contribution in [0.1, 0.15) is 39.7 Å². The molecule has 1 rings (SSSR count). The monoisotopic (exact) mass is 249 g/mol. The van der Waals surface area contributed by atoms with Crippen LogP contribution in [0.5, 0.6) is 0 Å². The van der Waals surface area contributed by atoms with Crippen molar-refractivity contribution >= 4 is 11.7 Å². The van der Waals surface area contributed by atoms with Gasteiger partial charge in [0.15, 0.2) is 0 Å². The van der Waals surface area contributed by atoms with E-state index >= 15 is 0 Å². The lowest BCUT2D eigenvalue weighted by atomic mass is 9.90. The van der Waals surface area contributed by atoms with Gasteiger partial charge in [-0.05, 0) is 43.4 Å². The van der Waals surface area contributed by atoms with Gasteiger partial charge in [0.2, 0.25) is 0 Å². The fraction of sp³-hybridized carbons (Fsp3) is 0.533. The quantitative estimate of drug-likeness (QED) is 0.810. The van der Waals surface area contributed by atoms with Gasteiger partial charge in [-0.1, -0.05) is 32.9 Å². The molecule has 100 valence electrons. The van der Waals surface area contributed by atoms with Crippen molar-refractivity contribution in [2.75, 3.05) is 5.32 Å². The summed E-state index contributed by atoms with van der Waals surface area (Å²) >= 11 is 0. The third-order valence-electron chi connectivity index (χ3n) is 3.07. The van der Waals surface area contributed by atoms with Crippen LogP contribution < -0.4 is 5.32 Å². The summed E-state index contributed by atoms with van der Waals surface area (Å²) < 4.78 is 0. The second kappa shape index (κ2) is 5.89. The first-order valence-electron chi connectivity index (χ1n) is 6.48. The summed E-state index contributed by atoms with van der Waals surface area (Å²) in [6, 6.07) is 7.95. The molecule has 0 radical (unpaired) electrons. The Bertz CT molecular complexity index is 397. The van der Waals surface area contributed by atoms with Crippen LogP contribution in [0, 0.1) is 5.92 Å². The number of aliphatic carboxylic acids is 1. The molecule has 0 bridgehead atoms. The van der Waals surface area contributed by atoms with Crippen LogP contribution in [0.3, 0.4) is 0 Å². The topological polar surface area (TPSA) is 49.3 Å². The van der Waals surface area contributed by atoms with E-state index < -0.39 is 11.5 Å². The number of hydrogen-bond acceptors (Lipinski definition) is 2. The van der Waals surface area contributed by atoms with Crippen LogP contribution in [0.2, 0.25) is 0 Å². The first kappa shape index (κ1) is 14.6. The van der Waals surface area contributed by atoms with E-state index in [0.29, 0.717) is 12.3 Å². The lowest BCUT2D eigenvalue weighted by Crippen LogP contribution is -2.44. The molecular weight excluding hydrogens is 226 g/mol. The van der Waals surface area contributed by atoms with Crippen molar-refractivity contribution in [3.05, 3.63) is 29.8 Å². The highest BCUT2D eigenvalue weighted by atomic mass is 16.4.